The maximum absolute atomic E-state index is 15.4. The molecule has 2 saturated heterocycles. The van der Waals surface area contributed by atoms with Crippen LogP contribution in [0.25, 0.3) is 5.70 Å². The van der Waals surface area contributed by atoms with Gasteiger partial charge in [0, 0.05) is 44.3 Å². The highest BCUT2D eigenvalue weighted by molar-refractivity contribution is 6.45. The fourth-order valence-electron chi connectivity index (χ4n) is 4.67. The summed E-state index contributed by atoms with van der Waals surface area (Å²) in [7, 11) is 0.836. The van der Waals surface area contributed by atoms with Crippen molar-refractivity contribution in [3.8, 4) is 5.75 Å². The summed E-state index contributed by atoms with van der Waals surface area (Å²) in [6.45, 7) is 3.07. The Morgan fingerprint density at radius 1 is 1.23 bits per heavy atom. The number of rotatable bonds is 4. The Labute approximate surface area is 181 Å². The van der Waals surface area contributed by atoms with Crippen molar-refractivity contribution in [1.82, 2.24) is 15.2 Å². The zero-order chi connectivity index (χ0) is 22.2. The molecule has 0 aromatic heterocycles. The molecule has 1 amide bonds. The molecule has 0 radical (unpaired) electrons. The molecule has 0 bridgehead atoms. The first-order valence-electron chi connectivity index (χ1n) is 10.7. The summed E-state index contributed by atoms with van der Waals surface area (Å²) < 4.78 is 35.4. The first kappa shape index (κ1) is 22.0. The molecule has 3 aliphatic heterocycles. The van der Waals surface area contributed by atoms with Gasteiger partial charge in [0.25, 0.3) is 5.91 Å². The van der Waals surface area contributed by atoms with Gasteiger partial charge in [0.15, 0.2) is 5.67 Å². The monoisotopic (exact) mass is 435 g/mol. The number of ether oxygens (including phenoxy) is 1. The van der Waals surface area contributed by atoms with Crippen molar-refractivity contribution in [1.29, 1.82) is 0 Å². The van der Waals surface area contributed by atoms with Gasteiger partial charge in [-0.3, -0.25) is 15.1 Å². The molecule has 7 nitrogen and oxygen atoms in total. The highest BCUT2D eigenvalue weighted by Crippen LogP contribution is 2.41. The molecular formula is C21H28BF2N3O4. The number of benzene rings is 1. The van der Waals surface area contributed by atoms with Crippen LogP contribution in [0.2, 0.25) is 6.82 Å². The van der Waals surface area contributed by atoms with Crippen molar-refractivity contribution >= 4 is 18.7 Å². The van der Waals surface area contributed by atoms with Crippen LogP contribution in [0.4, 0.5) is 8.78 Å². The Hall–Kier alpha value is -2.17. The second-order valence-corrected chi connectivity index (χ2v) is 8.60. The van der Waals surface area contributed by atoms with E-state index in [2.05, 4.69) is 5.48 Å². The number of carbonyl (C=O) groups is 1. The predicted octanol–water partition coefficient (Wildman–Crippen LogP) is 1.99. The van der Waals surface area contributed by atoms with Gasteiger partial charge in [-0.1, -0.05) is 0 Å². The molecule has 2 N–H and O–H groups in total. The molecule has 0 saturated carbocycles. The number of hydrogen-bond acceptors (Lipinski definition) is 6. The molecule has 1 spiro atoms. The first-order valence-corrected chi connectivity index (χ1v) is 10.7. The van der Waals surface area contributed by atoms with Crippen LogP contribution < -0.4 is 10.2 Å². The van der Waals surface area contributed by atoms with E-state index >= 15 is 4.39 Å². The van der Waals surface area contributed by atoms with E-state index in [-0.39, 0.29) is 18.7 Å². The van der Waals surface area contributed by atoms with Crippen LogP contribution in [-0.4, -0.2) is 72.3 Å². The summed E-state index contributed by atoms with van der Waals surface area (Å²) >= 11 is 0. The molecule has 0 aliphatic carbocycles. The van der Waals surface area contributed by atoms with Crippen molar-refractivity contribution in [2.24, 2.45) is 0 Å². The van der Waals surface area contributed by atoms with Gasteiger partial charge in [-0.15, -0.1) is 0 Å². The largest absolute Gasteiger partial charge is 0.482 e. The number of hydroxylamine groups is 1. The number of likely N-dealkylation sites (tertiary alicyclic amines) is 1. The molecule has 0 unspecified atom stereocenters. The highest BCUT2D eigenvalue weighted by atomic mass is 19.1. The predicted molar refractivity (Wildman–Crippen MR) is 112 cm³/mol. The van der Waals surface area contributed by atoms with Crippen LogP contribution in [0, 0.1) is 5.82 Å². The number of halogens is 2. The van der Waals surface area contributed by atoms with E-state index in [4.69, 9.17) is 9.57 Å². The molecule has 31 heavy (non-hydrogen) atoms. The quantitative estimate of drug-likeness (QED) is 0.557. The molecule has 3 heterocycles. The maximum Gasteiger partial charge on any atom is 0.376 e. The van der Waals surface area contributed by atoms with Crippen molar-refractivity contribution in [2.75, 3.05) is 33.3 Å². The van der Waals surface area contributed by atoms with E-state index < -0.39 is 24.2 Å². The van der Waals surface area contributed by atoms with Crippen LogP contribution in [0.1, 0.15) is 31.2 Å². The van der Waals surface area contributed by atoms with Crippen molar-refractivity contribution in [3.05, 3.63) is 35.7 Å². The number of nitrogens with zero attached hydrogens (tertiary/aromatic N) is 2. The van der Waals surface area contributed by atoms with Gasteiger partial charge < -0.3 is 19.5 Å². The standard InChI is InChI=1S/C21H28BF2N3O4/c1-22(29)27-11-7-21(24,8-12-27)19(28)26-9-5-20(6-10-26)14-17(25-30-2)16-13-15(23)3-4-18(16)31-20/h3-4,13-14,25,29H,5-12H2,1-2H3. The number of amides is 1. The first-order chi connectivity index (χ1) is 14.8. The molecule has 1 aromatic rings. The summed E-state index contributed by atoms with van der Waals surface area (Å²) in [6, 6.07) is 4.30. The van der Waals surface area contributed by atoms with E-state index in [0.29, 0.717) is 56.0 Å². The van der Waals surface area contributed by atoms with Crippen molar-refractivity contribution < 1.29 is 28.2 Å². The Morgan fingerprint density at radius 3 is 2.52 bits per heavy atom. The molecule has 168 valence electrons. The molecule has 2 fully saturated rings. The Bertz CT molecular complexity index is 866. The highest BCUT2D eigenvalue weighted by Gasteiger charge is 2.47. The maximum atomic E-state index is 15.4. The third kappa shape index (κ3) is 4.29. The zero-order valence-corrected chi connectivity index (χ0v) is 17.9. The van der Waals surface area contributed by atoms with Crippen LogP contribution >= 0.6 is 0 Å². The van der Waals surface area contributed by atoms with Crippen molar-refractivity contribution in [2.45, 2.75) is 43.8 Å². The number of fused-ring (bicyclic) bond motifs is 1. The van der Waals surface area contributed by atoms with Gasteiger partial charge >= 0.3 is 7.05 Å². The topological polar surface area (TPSA) is 74.3 Å². The van der Waals surface area contributed by atoms with Crippen LogP contribution in [-0.2, 0) is 9.63 Å². The summed E-state index contributed by atoms with van der Waals surface area (Å²) in [5.74, 6) is -0.321. The van der Waals surface area contributed by atoms with E-state index in [1.807, 2.05) is 6.08 Å². The lowest BCUT2D eigenvalue weighted by Gasteiger charge is -2.45. The van der Waals surface area contributed by atoms with E-state index in [0.717, 1.165) is 0 Å². The number of nitrogens with one attached hydrogen (secondary N) is 1. The van der Waals surface area contributed by atoms with E-state index in [9.17, 15) is 14.2 Å². The van der Waals surface area contributed by atoms with Gasteiger partial charge in [0.1, 0.15) is 17.2 Å². The summed E-state index contributed by atoms with van der Waals surface area (Å²) in [5.41, 5.74) is 1.39. The normalized spacial score (nSPS) is 22.4. The smallest absolute Gasteiger partial charge is 0.376 e. The van der Waals surface area contributed by atoms with Gasteiger partial charge in [0.05, 0.1) is 12.8 Å². The third-order valence-corrected chi connectivity index (χ3v) is 6.56. The Kier molecular flexibility index (Phi) is 5.98. The third-order valence-electron chi connectivity index (χ3n) is 6.56. The van der Waals surface area contributed by atoms with E-state index in [1.165, 1.54) is 19.2 Å². The zero-order valence-electron chi connectivity index (χ0n) is 17.9. The Balaban J connectivity index is 1.45. The van der Waals surface area contributed by atoms with Gasteiger partial charge in [-0.2, -0.15) is 0 Å². The molecule has 0 atom stereocenters. The SMILES string of the molecule is CONC1=CC2(CCN(C(=O)C3(F)CCN(B(C)O)CC3)CC2)Oc2ccc(F)cc21. The molecule has 4 rings (SSSR count). The minimum Gasteiger partial charge on any atom is -0.482 e. The molecular weight excluding hydrogens is 407 g/mol. The lowest BCUT2D eigenvalue weighted by Crippen LogP contribution is -2.58. The lowest BCUT2D eigenvalue weighted by atomic mass is 9.79. The Morgan fingerprint density at radius 2 is 1.90 bits per heavy atom. The number of carbonyl (C=O) groups excluding carboxylic acids is 1. The summed E-state index contributed by atoms with van der Waals surface area (Å²) in [5, 5.41) is 9.67. The molecule has 3 aliphatic rings. The number of hydrogen-bond donors (Lipinski definition) is 2. The van der Waals surface area contributed by atoms with E-state index in [1.54, 1.807) is 22.6 Å². The fourth-order valence-corrected chi connectivity index (χ4v) is 4.67. The minimum atomic E-state index is -1.90. The van der Waals surface area contributed by atoms with Crippen LogP contribution in [0.5, 0.6) is 5.75 Å². The summed E-state index contributed by atoms with van der Waals surface area (Å²) in [4.78, 5) is 21.4. The second kappa shape index (κ2) is 8.40. The van der Waals surface area contributed by atoms with Crippen molar-refractivity contribution in [3.63, 3.8) is 0 Å². The number of alkyl halides is 1. The fraction of sp³-hybridized carbons (Fsp3) is 0.571. The van der Waals surface area contributed by atoms with Gasteiger partial charge in [0.2, 0.25) is 0 Å². The van der Waals surface area contributed by atoms with Gasteiger partial charge in [-0.25, -0.2) is 8.78 Å². The average Bonchev–Trinajstić information content (AvgIpc) is 2.75. The second-order valence-electron chi connectivity index (χ2n) is 8.60. The van der Waals surface area contributed by atoms with Crippen LogP contribution in [0.15, 0.2) is 24.3 Å². The number of piperidine rings is 2. The summed E-state index contributed by atoms with van der Waals surface area (Å²) in [6.07, 6.45) is 3.00. The molecule has 10 heteroatoms. The minimum absolute atomic E-state index is 0.0790. The molecule has 1 aromatic carbocycles. The van der Waals surface area contributed by atoms with Crippen LogP contribution in [0.3, 0.4) is 0 Å². The average molecular weight is 435 g/mol. The van der Waals surface area contributed by atoms with Gasteiger partial charge in [-0.05, 0) is 44.2 Å². The lowest BCUT2D eigenvalue weighted by molar-refractivity contribution is -0.149.